The number of halogens is 1. The first-order valence-corrected chi connectivity index (χ1v) is 9.27. The Hall–Kier alpha value is -0.830. The minimum Gasteiger partial charge on any atom is -0.486 e. The molecular formula is C13H18BrNO5S. The Morgan fingerprint density at radius 2 is 1.95 bits per heavy atom. The van der Waals surface area contributed by atoms with Crippen LogP contribution in [-0.2, 0) is 14.8 Å². The van der Waals surface area contributed by atoms with Crippen molar-refractivity contribution in [1.82, 2.24) is 4.72 Å². The van der Waals surface area contributed by atoms with E-state index in [2.05, 4.69) is 20.7 Å². The lowest BCUT2D eigenvalue weighted by molar-refractivity contribution is 0.149. The molecule has 0 aromatic heterocycles. The van der Waals surface area contributed by atoms with Crippen LogP contribution in [0.5, 0.6) is 11.5 Å². The van der Waals surface area contributed by atoms with Gasteiger partial charge in [-0.3, -0.25) is 0 Å². The lowest BCUT2D eigenvalue weighted by atomic mass is 10.3. The SMILES string of the molecule is O=S(=O)(NCCCOCCBr)c1ccc2c(c1)OCCO2. The van der Waals surface area contributed by atoms with Crippen LogP contribution >= 0.6 is 15.9 Å². The van der Waals surface area contributed by atoms with Gasteiger partial charge in [-0.2, -0.15) is 0 Å². The molecule has 0 saturated carbocycles. The molecule has 0 amide bonds. The first-order chi connectivity index (χ1) is 10.1. The quantitative estimate of drug-likeness (QED) is 0.547. The lowest BCUT2D eigenvalue weighted by Crippen LogP contribution is -2.26. The van der Waals surface area contributed by atoms with Crippen LogP contribution in [0, 0.1) is 0 Å². The summed E-state index contributed by atoms with van der Waals surface area (Å²) in [6.45, 7) is 2.38. The molecule has 0 spiro atoms. The summed E-state index contributed by atoms with van der Waals surface area (Å²) in [4.78, 5) is 0.174. The van der Waals surface area contributed by atoms with Crippen LogP contribution in [0.3, 0.4) is 0 Å². The van der Waals surface area contributed by atoms with E-state index in [1.807, 2.05) is 0 Å². The highest BCUT2D eigenvalue weighted by molar-refractivity contribution is 9.09. The highest BCUT2D eigenvalue weighted by atomic mass is 79.9. The monoisotopic (exact) mass is 379 g/mol. The van der Waals surface area contributed by atoms with Crippen LogP contribution < -0.4 is 14.2 Å². The van der Waals surface area contributed by atoms with Crippen molar-refractivity contribution in [2.24, 2.45) is 0 Å². The maximum Gasteiger partial charge on any atom is 0.240 e. The predicted octanol–water partition coefficient (Wildman–Crippen LogP) is 1.54. The van der Waals surface area contributed by atoms with E-state index in [9.17, 15) is 8.42 Å². The predicted molar refractivity (Wildman–Crippen MR) is 81.9 cm³/mol. The molecule has 1 aliphatic heterocycles. The van der Waals surface area contributed by atoms with E-state index >= 15 is 0 Å². The van der Waals surface area contributed by atoms with Gasteiger partial charge in [-0.05, 0) is 18.6 Å². The van der Waals surface area contributed by atoms with E-state index in [1.165, 1.54) is 12.1 Å². The zero-order valence-corrected chi connectivity index (χ0v) is 13.9. The Morgan fingerprint density at radius 3 is 2.71 bits per heavy atom. The molecule has 0 fully saturated rings. The third-order valence-electron chi connectivity index (χ3n) is 2.80. The molecule has 0 atom stereocenters. The first-order valence-electron chi connectivity index (χ1n) is 6.66. The Morgan fingerprint density at radius 1 is 1.19 bits per heavy atom. The molecule has 118 valence electrons. The number of alkyl halides is 1. The van der Waals surface area contributed by atoms with E-state index in [1.54, 1.807) is 6.07 Å². The molecule has 1 aromatic carbocycles. The summed E-state index contributed by atoms with van der Waals surface area (Å²) in [6.07, 6.45) is 0.622. The summed E-state index contributed by atoms with van der Waals surface area (Å²) < 4.78 is 42.9. The average Bonchev–Trinajstić information content (AvgIpc) is 2.50. The lowest BCUT2D eigenvalue weighted by Gasteiger charge is -2.18. The molecular weight excluding hydrogens is 362 g/mol. The fraction of sp³-hybridized carbons (Fsp3) is 0.538. The Labute approximate surface area is 132 Å². The van der Waals surface area contributed by atoms with Gasteiger partial charge in [0.2, 0.25) is 10.0 Å². The molecule has 2 rings (SSSR count). The maximum atomic E-state index is 12.2. The number of rotatable bonds is 8. The minimum absolute atomic E-state index is 0.174. The van der Waals surface area contributed by atoms with E-state index < -0.39 is 10.0 Å². The van der Waals surface area contributed by atoms with Crippen molar-refractivity contribution in [2.75, 3.05) is 38.3 Å². The van der Waals surface area contributed by atoms with Gasteiger partial charge in [0.05, 0.1) is 11.5 Å². The van der Waals surface area contributed by atoms with E-state index in [0.717, 1.165) is 5.33 Å². The molecule has 1 N–H and O–H groups in total. The summed E-state index contributed by atoms with van der Waals surface area (Å²) in [5.41, 5.74) is 0. The van der Waals surface area contributed by atoms with E-state index in [4.69, 9.17) is 14.2 Å². The summed E-state index contributed by atoms with van der Waals surface area (Å²) in [7, 11) is -3.54. The Kier molecular flexibility index (Phi) is 6.28. The zero-order chi connectivity index (χ0) is 15.1. The maximum absolute atomic E-state index is 12.2. The smallest absolute Gasteiger partial charge is 0.240 e. The van der Waals surface area contributed by atoms with Gasteiger partial charge in [0.15, 0.2) is 11.5 Å². The van der Waals surface area contributed by atoms with Crippen molar-refractivity contribution >= 4 is 26.0 Å². The minimum atomic E-state index is -3.54. The summed E-state index contributed by atoms with van der Waals surface area (Å²) in [5.74, 6) is 1.04. The standard InChI is InChI=1S/C13H18BrNO5S/c14-4-7-18-6-1-5-15-21(16,17)11-2-3-12-13(10-11)20-9-8-19-12/h2-3,10,15H,1,4-9H2. The molecule has 1 aliphatic rings. The first kappa shape index (κ1) is 16.5. The molecule has 6 nitrogen and oxygen atoms in total. The van der Waals surface area contributed by atoms with Gasteiger partial charge in [0.25, 0.3) is 0 Å². The molecule has 21 heavy (non-hydrogen) atoms. The molecule has 0 aliphatic carbocycles. The molecule has 0 unspecified atom stereocenters. The second kappa shape index (κ2) is 7.98. The number of nitrogens with one attached hydrogen (secondary N) is 1. The van der Waals surface area contributed by atoms with Crippen LogP contribution in [0.4, 0.5) is 0 Å². The molecule has 8 heteroatoms. The third kappa shape index (κ3) is 4.84. The van der Waals surface area contributed by atoms with Crippen LogP contribution in [0.1, 0.15) is 6.42 Å². The largest absolute Gasteiger partial charge is 0.486 e. The van der Waals surface area contributed by atoms with Crippen LogP contribution in [0.25, 0.3) is 0 Å². The zero-order valence-electron chi connectivity index (χ0n) is 11.5. The van der Waals surface area contributed by atoms with Crippen LogP contribution in [0.15, 0.2) is 23.1 Å². The third-order valence-corrected chi connectivity index (χ3v) is 4.59. The second-order valence-corrected chi connectivity index (χ2v) is 6.92. The summed E-state index contributed by atoms with van der Waals surface area (Å²) in [6, 6.07) is 4.61. The van der Waals surface area contributed by atoms with Crippen molar-refractivity contribution < 1.29 is 22.6 Å². The number of hydrogen-bond acceptors (Lipinski definition) is 5. The van der Waals surface area contributed by atoms with Crippen molar-refractivity contribution in [3.63, 3.8) is 0 Å². The number of sulfonamides is 1. The van der Waals surface area contributed by atoms with Gasteiger partial charge >= 0.3 is 0 Å². The van der Waals surface area contributed by atoms with Gasteiger partial charge in [-0.25, -0.2) is 13.1 Å². The molecule has 0 saturated heterocycles. The molecule has 0 radical (unpaired) electrons. The van der Waals surface area contributed by atoms with Crippen molar-refractivity contribution in [2.45, 2.75) is 11.3 Å². The van der Waals surface area contributed by atoms with Crippen LogP contribution in [0.2, 0.25) is 0 Å². The number of ether oxygens (including phenoxy) is 3. The van der Waals surface area contributed by atoms with E-state index in [-0.39, 0.29) is 4.90 Å². The molecule has 1 aromatic rings. The highest BCUT2D eigenvalue weighted by Gasteiger charge is 2.18. The number of hydrogen-bond donors (Lipinski definition) is 1. The Bertz CT molecular complexity index is 564. The fourth-order valence-electron chi connectivity index (χ4n) is 1.81. The van der Waals surface area contributed by atoms with Gasteiger partial charge in [0, 0.05) is 24.5 Å². The highest BCUT2D eigenvalue weighted by Crippen LogP contribution is 2.32. The number of fused-ring (bicyclic) bond motifs is 1. The van der Waals surface area contributed by atoms with Crippen molar-refractivity contribution in [3.05, 3.63) is 18.2 Å². The summed E-state index contributed by atoms with van der Waals surface area (Å²) >= 11 is 3.25. The molecule has 0 bridgehead atoms. The van der Waals surface area contributed by atoms with Gasteiger partial charge in [0.1, 0.15) is 13.2 Å². The topological polar surface area (TPSA) is 73.9 Å². The number of benzene rings is 1. The molecule has 1 heterocycles. The van der Waals surface area contributed by atoms with Gasteiger partial charge < -0.3 is 14.2 Å². The van der Waals surface area contributed by atoms with E-state index in [0.29, 0.717) is 50.9 Å². The Balaban J connectivity index is 1.90. The summed E-state index contributed by atoms with van der Waals surface area (Å²) in [5, 5.41) is 0.774. The van der Waals surface area contributed by atoms with Crippen molar-refractivity contribution in [1.29, 1.82) is 0 Å². The van der Waals surface area contributed by atoms with Crippen molar-refractivity contribution in [3.8, 4) is 11.5 Å². The van der Waals surface area contributed by atoms with Gasteiger partial charge in [-0.1, -0.05) is 15.9 Å². The normalized spacial score (nSPS) is 14.1. The second-order valence-electron chi connectivity index (χ2n) is 4.36. The average molecular weight is 380 g/mol. The van der Waals surface area contributed by atoms with Crippen LogP contribution in [-0.4, -0.2) is 46.7 Å². The van der Waals surface area contributed by atoms with Gasteiger partial charge in [-0.15, -0.1) is 0 Å². The fourth-order valence-corrected chi connectivity index (χ4v) is 3.13.